The van der Waals surface area contributed by atoms with E-state index in [1.54, 1.807) is 44.8 Å². The van der Waals surface area contributed by atoms with E-state index in [0.717, 1.165) is 16.6 Å². The van der Waals surface area contributed by atoms with Crippen LogP contribution in [0.15, 0.2) is 30.6 Å². The van der Waals surface area contributed by atoms with Crippen LogP contribution in [0, 0.1) is 11.8 Å². The zero-order valence-electron chi connectivity index (χ0n) is 21.9. The normalized spacial score (nSPS) is 11.9. The predicted molar refractivity (Wildman–Crippen MR) is 144 cm³/mol. The minimum Gasteiger partial charge on any atom is -0.444 e. The summed E-state index contributed by atoms with van der Waals surface area (Å²) in [5, 5.41) is 11.5. The van der Waals surface area contributed by atoms with Gasteiger partial charge in [-0.1, -0.05) is 23.4 Å². The van der Waals surface area contributed by atoms with Crippen LogP contribution in [0.2, 0.25) is 5.15 Å². The van der Waals surface area contributed by atoms with Gasteiger partial charge in [-0.15, -0.1) is 0 Å². The smallest absolute Gasteiger partial charge is 0.410 e. The van der Waals surface area contributed by atoms with Crippen LogP contribution in [0.5, 0.6) is 0 Å². The minimum atomic E-state index is -0.657. The van der Waals surface area contributed by atoms with Crippen LogP contribution in [-0.4, -0.2) is 61.9 Å². The highest BCUT2D eigenvalue weighted by atomic mass is 35.5. The number of hydrogen-bond donors (Lipinski definition) is 2. The number of amides is 2. The van der Waals surface area contributed by atoms with Gasteiger partial charge in [0.25, 0.3) is 0 Å². The predicted octanol–water partition coefficient (Wildman–Crippen LogP) is 4.26. The first-order chi connectivity index (χ1) is 17.4. The number of fused-ring (bicyclic) bond motifs is 1. The van der Waals surface area contributed by atoms with Crippen molar-refractivity contribution >= 4 is 46.1 Å². The monoisotopic (exact) mass is 525 g/mol. The second-order valence-electron chi connectivity index (χ2n) is 9.53. The summed E-state index contributed by atoms with van der Waals surface area (Å²) in [7, 11) is 3.42. The van der Waals surface area contributed by atoms with E-state index < -0.39 is 17.7 Å². The number of carbonyl (C=O) groups is 2. The molecule has 0 aliphatic rings. The van der Waals surface area contributed by atoms with Crippen molar-refractivity contribution in [1.29, 1.82) is 0 Å². The van der Waals surface area contributed by atoms with E-state index in [9.17, 15) is 9.59 Å². The highest BCUT2D eigenvalue weighted by molar-refractivity contribution is 6.30. The maximum atomic E-state index is 12.3. The molecule has 2 amide bonds. The molecule has 0 saturated heterocycles. The molecule has 37 heavy (non-hydrogen) atoms. The summed E-state index contributed by atoms with van der Waals surface area (Å²) in [4.78, 5) is 34.3. The molecule has 0 unspecified atom stereocenters. The van der Waals surface area contributed by atoms with Gasteiger partial charge >= 0.3 is 6.09 Å². The van der Waals surface area contributed by atoms with Gasteiger partial charge in [-0.25, -0.2) is 9.78 Å². The second kappa shape index (κ2) is 11.9. The Morgan fingerprint density at radius 1 is 1.27 bits per heavy atom. The maximum Gasteiger partial charge on any atom is 0.410 e. The molecule has 0 spiro atoms. The summed E-state index contributed by atoms with van der Waals surface area (Å²) in [5.41, 5.74) is 1.70. The Kier molecular flexibility index (Phi) is 8.95. The van der Waals surface area contributed by atoms with Crippen molar-refractivity contribution in [3.8, 4) is 11.8 Å². The van der Waals surface area contributed by atoms with Crippen molar-refractivity contribution in [2.75, 3.05) is 18.9 Å². The van der Waals surface area contributed by atoms with Gasteiger partial charge in [-0.05, 0) is 52.3 Å². The van der Waals surface area contributed by atoms with Crippen molar-refractivity contribution in [1.82, 2.24) is 30.0 Å². The first-order valence-corrected chi connectivity index (χ1v) is 12.3. The van der Waals surface area contributed by atoms with Crippen molar-refractivity contribution in [3.05, 3.63) is 41.3 Å². The van der Waals surface area contributed by atoms with Gasteiger partial charge in [0.15, 0.2) is 0 Å². The molecule has 1 atom stereocenters. The number of rotatable bonds is 7. The summed E-state index contributed by atoms with van der Waals surface area (Å²) in [6.07, 6.45) is 4.01. The zero-order chi connectivity index (χ0) is 27.2. The number of nitrogens with zero attached hydrogens (tertiary/aromatic N) is 5. The third-order valence-corrected chi connectivity index (χ3v) is 5.68. The number of anilines is 2. The largest absolute Gasteiger partial charge is 0.444 e. The van der Waals surface area contributed by atoms with Crippen LogP contribution in [0.1, 0.15) is 46.1 Å². The molecule has 0 saturated carbocycles. The van der Waals surface area contributed by atoms with Crippen LogP contribution in [0.25, 0.3) is 10.9 Å². The molecule has 11 heteroatoms. The number of hydrogen-bond acceptors (Lipinski definition) is 7. The van der Waals surface area contributed by atoms with E-state index in [2.05, 4.69) is 37.5 Å². The molecule has 2 aromatic heterocycles. The van der Waals surface area contributed by atoms with E-state index >= 15 is 0 Å². The van der Waals surface area contributed by atoms with E-state index in [4.69, 9.17) is 16.3 Å². The standard InChI is InChI=1S/C26H32ClN7O3/c1-17(33(5)25(36)37-26(2,3)4)23(35)28-13-9-7-8-10-19-15-29-24(32-22(19)27)31-20-12-11-18-16-30-34(6)21(18)14-20/h11-12,14-17H,7,9,13H2,1-6H3,(H,28,35)(H,29,31,32)/t17-/m0/s1. The van der Waals surface area contributed by atoms with E-state index in [1.807, 2.05) is 25.2 Å². The van der Waals surface area contributed by atoms with Crippen molar-refractivity contribution < 1.29 is 14.3 Å². The van der Waals surface area contributed by atoms with Crippen LogP contribution >= 0.6 is 11.6 Å². The van der Waals surface area contributed by atoms with Crippen LogP contribution < -0.4 is 10.6 Å². The lowest BCUT2D eigenvalue weighted by Crippen LogP contribution is -2.47. The van der Waals surface area contributed by atoms with Gasteiger partial charge in [0.05, 0.1) is 17.3 Å². The number of nitrogens with one attached hydrogen (secondary N) is 2. The lowest BCUT2D eigenvalue weighted by atomic mass is 10.2. The summed E-state index contributed by atoms with van der Waals surface area (Å²) in [6.45, 7) is 7.41. The van der Waals surface area contributed by atoms with Crippen LogP contribution in [0.4, 0.5) is 16.4 Å². The Balaban J connectivity index is 1.45. The Bertz CT molecular complexity index is 1340. The van der Waals surface area contributed by atoms with Crippen molar-refractivity contribution in [3.63, 3.8) is 0 Å². The zero-order valence-corrected chi connectivity index (χ0v) is 22.7. The Morgan fingerprint density at radius 3 is 2.73 bits per heavy atom. The van der Waals surface area contributed by atoms with Crippen LogP contribution in [0.3, 0.4) is 0 Å². The number of likely N-dealkylation sites (N-methyl/N-ethyl adjacent to an activating group) is 1. The Hall–Kier alpha value is -3.84. The lowest BCUT2D eigenvalue weighted by Gasteiger charge is -2.28. The molecule has 3 aromatic rings. The van der Waals surface area contributed by atoms with Crippen LogP contribution in [-0.2, 0) is 16.6 Å². The number of benzene rings is 1. The first kappa shape index (κ1) is 27.7. The third-order valence-electron chi connectivity index (χ3n) is 5.39. The maximum absolute atomic E-state index is 12.3. The Labute approximate surface area is 221 Å². The molecule has 3 rings (SSSR count). The van der Waals surface area contributed by atoms with Gasteiger partial charge in [-0.2, -0.15) is 10.1 Å². The SMILES string of the molecule is C[C@@H](C(=O)NCCCC#Cc1cnc(Nc2ccc3cnn(C)c3c2)nc1Cl)N(C)C(=O)OC(C)(C)C. The topological polar surface area (TPSA) is 114 Å². The summed E-state index contributed by atoms with van der Waals surface area (Å²) in [6, 6.07) is 5.19. The fourth-order valence-corrected chi connectivity index (χ4v) is 3.39. The fraction of sp³-hybridized carbons (Fsp3) is 0.423. The van der Waals surface area contributed by atoms with E-state index in [1.165, 1.54) is 11.9 Å². The van der Waals surface area contributed by atoms with Crippen molar-refractivity contribution in [2.45, 2.75) is 52.2 Å². The summed E-state index contributed by atoms with van der Waals surface area (Å²) >= 11 is 6.30. The number of aryl methyl sites for hydroxylation is 1. The molecular weight excluding hydrogens is 494 g/mol. The number of ether oxygens (including phenoxy) is 1. The molecule has 0 radical (unpaired) electrons. The molecule has 0 bridgehead atoms. The molecule has 0 fully saturated rings. The Morgan fingerprint density at radius 2 is 2.03 bits per heavy atom. The average molecular weight is 526 g/mol. The number of unbranched alkanes of at least 4 members (excludes halogenated alkanes) is 1. The second-order valence-corrected chi connectivity index (χ2v) is 9.89. The fourth-order valence-electron chi connectivity index (χ4n) is 3.22. The first-order valence-electron chi connectivity index (χ1n) is 11.9. The number of carbonyl (C=O) groups excluding carboxylic acids is 2. The molecule has 0 aliphatic carbocycles. The molecule has 1 aromatic carbocycles. The molecule has 2 heterocycles. The highest BCUT2D eigenvalue weighted by Crippen LogP contribution is 2.21. The van der Waals surface area contributed by atoms with Gasteiger partial charge in [0.2, 0.25) is 11.9 Å². The molecule has 0 aliphatic heterocycles. The number of halogens is 1. The molecule has 196 valence electrons. The van der Waals surface area contributed by atoms with Gasteiger partial charge in [-0.3, -0.25) is 14.4 Å². The van der Waals surface area contributed by atoms with E-state index in [-0.39, 0.29) is 11.1 Å². The minimum absolute atomic E-state index is 0.249. The third kappa shape index (κ3) is 7.82. The van der Waals surface area contributed by atoms with Gasteiger partial charge in [0.1, 0.15) is 16.8 Å². The summed E-state index contributed by atoms with van der Waals surface area (Å²) in [5.74, 6) is 6.10. The molecule has 10 nitrogen and oxygen atoms in total. The van der Waals surface area contributed by atoms with E-state index in [0.29, 0.717) is 30.9 Å². The quantitative estimate of drug-likeness (QED) is 0.269. The van der Waals surface area contributed by atoms with Gasteiger partial charge < -0.3 is 15.4 Å². The number of aromatic nitrogens is 4. The average Bonchev–Trinajstić information content (AvgIpc) is 3.20. The summed E-state index contributed by atoms with van der Waals surface area (Å²) < 4.78 is 7.09. The van der Waals surface area contributed by atoms with Crippen molar-refractivity contribution in [2.24, 2.45) is 7.05 Å². The van der Waals surface area contributed by atoms with Gasteiger partial charge in [0, 0.05) is 44.3 Å². The molecule has 2 N–H and O–H groups in total. The lowest BCUT2D eigenvalue weighted by molar-refractivity contribution is -0.125. The highest BCUT2D eigenvalue weighted by Gasteiger charge is 2.26. The molecular formula is C26H32ClN7O3.